The fourth-order valence-electron chi connectivity index (χ4n) is 3.57. The van der Waals surface area contributed by atoms with Gasteiger partial charge in [-0.2, -0.15) is 0 Å². The summed E-state index contributed by atoms with van der Waals surface area (Å²) in [6.07, 6.45) is 8.23. The Hall–Kier alpha value is -2.60. The zero-order valence-electron chi connectivity index (χ0n) is 15.2. The summed E-state index contributed by atoms with van der Waals surface area (Å²) in [7, 11) is 0. The minimum atomic E-state index is 0.0691. The first-order valence-corrected chi connectivity index (χ1v) is 9.64. The Balaban J connectivity index is 1.99. The molecule has 2 aliphatic rings. The molecule has 4 rings (SSSR count). The van der Waals surface area contributed by atoms with E-state index in [-0.39, 0.29) is 5.56 Å². The van der Waals surface area contributed by atoms with Gasteiger partial charge in [0.1, 0.15) is 0 Å². The van der Waals surface area contributed by atoms with Gasteiger partial charge in [-0.1, -0.05) is 29.8 Å². The summed E-state index contributed by atoms with van der Waals surface area (Å²) in [4.78, 5) is 13.2. The van der Waals surface area contributed by atoms with Gasteiger partial charge in [-0.25, -0.2) is 4.68 Å². The largest absolute Gasteiger partial charge is 0.316 e. The van der Waals surface area contributed by atoms with Gasteiger partial charge in [-0.15, -0.1) is 0 Å². The molecule has 0 aliphatic carbocycles. The Morgan fingerprint density at radius 3 is 2.69 bits per heavy atom. The second-order valence-corrected chi connectivity index (χ2v) is 7.16. The Kier molecular flexibility index (Phi) is 4.28. The van der Waals surface area contributed by atoms with E-state index in [9.17, 15) is 4.79 Å². The van der Waals surface area contributed by atoms with Gasteiger partial charge in [0.25, 0.3) is 5.56 Å². The number of hydrogen-bond donors (Lipinski definition) is 1. The molecule has 2 aliphatic heterocycles. The topological polar surface area (TPSA) is 42.2 Å². The molecule has 0 unspecified atom stereocenters. The summed E-state index contributed by atoms with van der Waals surface area (Å²) in [5.74, 6) is 0. The van der Waals surface area contributed by atoms with Gasteiger partial charge in [0.2, 0.25) is 0 Å². The van der Waals surface area contributed by atoms with Crippen molar-refractivity contribution in [3.63, 3.8) is 0 Å². The molecule has 5 nitrogen and oxygen atoms in total. The van der Waals surface area contributed by atoms with Gasteiger partial charge >= 0.3 is 0 Å². The van der Waals surface area contributed by atoms with Crippen LogP contribution in [0.25, 0.3) is 16.7 Å². The van der Waals surface area contributed by atoms with Crippen molar-refractivity contribution in [2.75, 3.05) is 0 Å². The third kappa shape index (κ3) is 2.61. The number of aromatic nitrogens is 2. The van der Waals surface area contributed by atoms with E-state index in [0.29, 0.717) is 6.54 Å². The molecule has 6 heteroatoms. The van der Waals surface area contributed by atoms with Crippen molar-refractivity contribution in [2.45, 2.75) is 33.9 Å². The standard InChI is InChI=1S/C20H22N4OS/c1-4-22-19(16-9-10-24-17(12-16)13-21-26-24)18(20(25)23(22)5-2)15-8-6-7-14(3)11-15/h6-13,21H,4-5H2,1-3H3. The molecule has 26 heavy (non-hydrogen) atoms. The van der Waals surface area contributed by atoms with Crippen molar-refractivity contribution in [1.82, 2.24) is 18.4 Å². The van der Waals surface area contributed by atoms with Gasteiger partial charge < -0.3 is 4.72 Å². The van der Waals surface area contributed by atoms with E-state index in [0.717, 1.165) is 40.2 Å². The Morgan fingerprint density at radius 2 is 1.96 bits per heavy atom. The number of hydrogen-bond acceptors (Lipinski definition) is 4. The lowest BCUT2D eigenvalue weighted by Crippen LogP contribution is -2.22. The number of nitrogens with one attached hydrogen (secondary N) is 1. The smallest absolute Gasteiger partial charge is 0.275 e. The molecule has 2 aromatic rings. The second kappa shape index (κ2) is 6.61. The molecule has 0 amide bonds. The molecule has 0 atom stereocenters. The lowest BCUT2D eigenvalue weighted by atomic mass is 9.98. The van der Waals surface area contributed by atoms with Crippen LogP contribution in [0.4, 0.5) is 0 Å². The van der Waals surface area contributed by atoms with Crippen molar-refractivity contribution in [1.29, 1.82) is 0 Å². The van der Waals surface area contributed by atoms with Crippen molar-refractivity contribution >= 4 is 17.7 Å². The van der Waals surface area contributed by atoms with E-state index in [2.05, 4.69) is 51.8 Å². The van der Waals surface area contributed by atoms with Crippen LogP contribution in [-0.2, 0) is 13.1 Å². The Bertz CT molecular complexity index is 1010. The molecule has 0 fully saturated rings. The summed E-state index contributed by atoms with van der Waals surface area (Å²) >= 11 is 1.53. The number of benzene rings is 1. The highest BCUT2D eigenvalue weighted by Gasteiger charge is 2.25. The molecule has 3 heterocycles. The van der Waals surface area contributed by atoms with Crippen molar-refractivity contribution in [3.05, 3.63) is 76.1 Å². The molecule has 0 spiro atoms. The second-order valence-electron chi connectivity index (χ2n) is 6.35. The zero-order chi connectivity index (χ0) is 18.3. The Labute approximate surface area is 157 Å². The first-order chi connectivity index (χ1) is 12.6. The molecule has 1 N–H and O–H groups in total. The molecular weight excluding hydrogens is 344 g/mol. The van der Waals surface area contributed by atoms with Crippen LogP contribution in [0.5, 0.6) is 0 Å². The van der Waals surface area contributed by atoms with Gasteiger partial charge in [0, 0.05) is 31.1 Å². The van der Waals surface area contributed by atoms with Crippen LogP contribution in [0.1, 0.15) is 25.1 Å². The summed E-state index contributed by atoms with van der Waals surface area (Å²) in [6, 6.07) is 8.19. The third-order valence-electron chi connectivity index (χ3n) is 4.72. The molecule has 0 saturated heterocycles. The van der Waals surface area contributed by atoms with Crippen molar-refractivity contribution in [3.8, 4) is 11.1 Å². The first-order valence-electron chi connectivity index (χ1n) is 8.86. The average molecular weight is 366 g/mol. The molecule has 0 radical (unpaired) electrons. The SMILES string of the molecule is CCn1c(C2=CC3=CNSN3C=C2)c(-c2cccc(C)c2)c(=O)n1CC. The third-order valence-corrected chi connectivity index (χ3v) is 5.47. The van der Waals surface area contributed by atoms with Crippen molar-refractivity contribution in [2.24, 2.45) is 0 Å². The number of rotatable bonds is 4. The van der Waals surface area contributed by atoms with E-state index in [1.807, 2.05) is 36.1 Å². The molecule has 1 aromatic heterocycles. The fourth-order valence-corrected chi connectivity index (χ4v) is 4.19. The van der Waals surface area contributed by atoms with Crippen LogP contribution in [0.2, 0.25) is 0 Å². The van der Waals surface area contributed by atoms with Crippen LogP contribution in [0.15, 0.2) is 59.3 Å². The van der Waals surface area contributed by atoms with E-state index in [1.165, 1.54) is 12.1 Å². The minimum absolute atomic E-state index is 0.0691. The summed E-state index contributed by atoms with van der Waals surface area (Å²) in [5, 5.41) is 0. The van der Waals surface area contributed by atoms with E-state index >= 15 is 0 Å². The molecule has 0 bridgehead atoms. The van der Waals surface area contributed by atoms with Gasteiger partial charge in [0.05, 0.1) is 29.1 Å². The highest BCUT2D eigenvalue weighted by atomic mass is 32.2. The zero-order valence-corrected chi connectivity index (χ0v) is 16.0. The van der Waals surface area contributed by atoms with Gasteiger partial charge in [-0.3, -0.25) is 13.8 Å². The Morgan fingerprint density at radius 1 is 1.15 bits per heavy atom. The maximum absolute atomic E-state index is 13.2. The number of allylic oxidation sites excluding steroid dienone is 3. The van der Waals surface area contributed by atoms with E-state index in [1.54, 1.807) is 0 Å². The number of fused-ring (bicyclic) bond motifs is 1. The first kappa shape index (κ1) is 16.8. The van der Waals surface area contributed by atoms with Gasteiger partial charge in [-0.05, 0) is 38.5 Å². The maximum atomic E-state index is 13.2. The fraction of sp³-hybridized carbons (Fsp3) is 0.250. The quantitative estimate of drug-likeness (QED) is 0.834. The molecular formula is C20H22N4OS. The summed E-state index contributed by atoms with van der Waals surface area (Å²) < 4.78 is 9.16. The molecule has 134 valence electrons. The maximum Gasteiger partial charge on any atom is 0.275 e. The van der Waals surface area contributed by atoms with Crippen LogP contribution in [0.3, 0.4) is 0 Å². The predicted molar refractivity (Wildman–Crippen MR) is 108 cm³/mol. The van der Waals surface area contributed by atoms with Crippen LogP contribution in [0, 0.1) is 6.92 Å². The van der Waals surface area contributed by atoms with Crippen molar-refractivity contribution < 1.29 is 0 Å². The monoisotopic (exact) mass is 366 g/mol. The van der Waals surface area contributed by atoms with Crippen LogP contribution in [-0.4, -0.2) is 13.7 Å². The number of aryl methyl sites for hydroxylation is 1. The van der Waals surface area contributed by atoms with Crippen LogP contribution >= 0.6 is 12.1 Å². The number of nitrogens with zero attached hydrogens (tertiary/aromatic N) is 3. The minimum Gasteiger partial charge on any atom is -0.316 e. The molecule has 1 aromatic carbocycles. The van der Waals surface area contributed by atoms with E-state index < -0.39 is 0 Å². The van der Waals surface area contributed by atoms with Crippen LogP contribution < -0.4 is 10.3 Å². The highest BCUT2D eigenvalue weighted by Crippen LogP contribution is 2.35. The van der Waals surface area contributed by atoms with Gasteiger partial charge in [0.15, 0.2) is 0 Å². The normalized spacial score (nSPS) is 15.6. The lowest BCUT2D eigenvalue weighted by molar-refractivity contribution is 0.473. The van der Waals surface area contributed by atoms with E-state index in [4.69, 9.17) is 0 Å². The molecule has 0 saturated carbocycles. The lowest BCUT2D eigenvalue weighted by Gasteiger charge is -2.19. The summed E-state index contributed by atoms with van der Waals surface area (Å²) in [6.45, 7) is 7.55. The predicted octanol–water partition coefficient (Wildman–Crippen LogP) is 3.89. The summed E-state index contributed by atoms with van der Waals surface area (Å²) in [5.41, 5.74) is 6.10. The average Bonchev–Trinajstić information content (AvgIpc) is 3.22. The highest BCUT2D eigenvalue weighted by molar-refractivity contribution is 7.95.